The molecule has 0 N–H and O–H groups in total. The molecule has 0 bridgehead atoms. The molecule has 0 aliphatic rings. The number of hydrogen-bond acceptors (Lipinski definition) is 3. The van der Waals surface area contributed by atoms with Gasteiger partial charge in [-0.15, -0.1) is 0 Å². The number of ether oxygens (including phenoxy) is 2. The lowest BCUT2D eigenvalue weighted by atomic mass is 10.0. The van der Waals surface area contributed by atoms with Gasteiger partial charge >= 0.3 is 5.97 Å². The topological polar surface area (TPSA) is 35.5 Å². The number of quaternary nitrogens is 1. The Labute approximate surface area is 227 Å². The zero-order chi connectivity index (χ0) is 26.8. The summed E-state index contributed by atoms with van der Waals surface area (Å²) in [6, 6.07) is 18.6. The van der Waals surface area contributed by atoms with Crippen LogP contribution in [0.15, 0.2) is 54.6 Å². The van der Waals surface area contributed by atoms with Gasteiger partial charge in [0.25, 0.3) is 0 Å². The highest BCUT2D eigenvalue weighted by Crippen LogP contribution is 2.17. The number of aryl methyl sites for hydroxylation is 1. The highest BCUT2D eigenvalue weighted by molar-refractivity contribution is 5.74. The van der Waals surface area contributed by atoms with Crippen molar-refractivity contribution in [3.63, 3.8) is 0 Å². The predicted molar refractivity (Wildman–Crippen MR) is 155 cm³/mol. The molecule has 4 heteroatoms. The van der Waals surface area contributed by atoms with Crippen molar-refractivity contribution in [2.45, 2.75) is 103 Å². The molecule has 0 amide bonds. The van der Waals surface area contributed by atoms with Crippen molar-refractivity contribution in [3.05, 3.63) is 65.7 Å². The van der Waals surface area contributed by atoms with Gasteiger partial charge in [-0.05, 0) is 50.3 Å². The van der Waals surface area contributed by atoms with E-state index in [9.17, 15) is 4.79 Å². The first kappa shape index (κ1) is 30.9. The van der Waals surface area contributed by atoms with E-state index in [-0.39, 0.29) is 12.0 Å². The van der Waals surface area contributed by atoms with E-state index in [1.165, 1.54) is 68.9 Å². The quantitative estimate of drug-likeness (QED) is 0.102. The Kier molecular flexibility index (Phi) is 15.0. The largest absolute Gasteiger partial charge is 0.494 e. The fraction of sp³-hybridized carbons (Fsp3) is 0.606. The smallest absolute Gasteiger partial charge is 0.364 e. The van der Waals surface area contributed by atoms with Gasteiger partial charge in [0.2, 0.25) is 0 Å². The number of unbranched alkanes of at least 4 members (excludes halogenated alkanes) is 9. The summed E-state index contributed by atoms with van der Waals surface area (Å²) in [5.41, 5.74) is 2.62. The third-order valence-corrected chi connectivity index (χ3v) is 7.37. The van der Waals surface area contributed by atoms with E-state index in [2.05, 4.69) is 57.4 Å². The van der Waals surface area contributed by atoms with Crippen LogP contribution in [0.3, 0.4) is 0 Å². The molecule has 2 rings (SSSR count). The summed E-state index contributed by atoms with van der Waals surface area (Å²) < 4.78 is 12.0. The predicted octanol–water partition coefficient (Wildman–Crippen LogP) is 8.13. The SMILES string of the molecule is CCCCCCCCCCCc1ccc(OCCCCOC(=O)C(C)[N+](C)(C)Cc2ccccc2)cc1. The van der Waals surface area contributed by atoms with Crippen LogP contribution in [0, 0.1) is 0 Å². The Morgan fingerprint density at radius 2 is 1.32 bits per heavy atom. The van der Waals surface area contributed by atoms with Gasteiger partial charge in [0, 0.05) is 5.56 Å². The molecule has 0 saturated heterocycles. The first-order valence-corrected chi connectivity index (χ1v) is 14.7. The molecule has 0 aliphatic carbocycles. The summed E-state index contributed by atoms with van der Waals surface area (Å²) in [7, 11) is 4.16. The van der Waals surface area contributed by atoms with E-state index in [1.807, 2.05) is 25.1 Å². The van der Waals surface area contributed by atoms with Crippen LogP contribution < -0.4 is 4.74 Å². The molecule has 0 aliphatic heterocycles. The zero-order valence-electron chi connectivity index (χ0n) is 24.1. The average Bonchev–Trinajstić information content (AvgIpc) is 2.90. The average molecular weight is 511 g/mol. The maximum atomic E-state index is 12.6. The number of likely N-dealkylation sites (N-methyl/N-ethyl adjacent to an activating group) is 1. The monoisotopic (exact) mass is 510 g/mol. The van der Waals surface area contributed by atoms with Gasteiger partial charge in [0.1, 0.15) is 12.3 Å². The molecule has 1 unspecified atom stereocenters. The summed E-state index contributed by atoms with van der Waals surface area (Å²) >= 11 is 0. The van der Waals surface area contributed by atoms with Gasteiger partial charge in [0.15, 0.2) is 6.04 Å². The normalized spacial score (nSPS) is 12.3. The van der Waals surface area contributed by atoms with E-state index < -0.39 is 0 Å². The van der Waals surface area contributed by atoms with Crippen molar-refractivity contribution in [3.8, 4) is 5.75 Å². The Bertz CT molecular complexity index is 848. The number of hydrogen-bond donors (Lipinski definition) is 0. The summed E-state index contributed by atoms with van der Waals surface area (Å²) in [4.78, 5) is 12.6. The summed E-state index contributed by atoms with van der Waals surface area (Å²) in [5.74, 6) is 0.783. The molecule has 206 valence electrons. The summed E-state index contributed by atoms with van der Waals surface area (Å²) in [6.07, 6.45) is 15.1. The Hall–Kier alpha value is -2.33. The molecule has 0 radical (unpaired) electrons. The standard InChI is InChI=1S/C33H52NO3/c1-5-6-7-8-9-10-11-12-14-19-30-22-24-32(25-23-30)36-26-17-18-27-37-33(35)29(2)34(3,4)28-31-20-15-13-16-21-31/h13,15-16,20-25,29H,5-12,14,17-19,26-28H2,1-4H3/q+1. The molecular weight excluding hydrogens is 458 g/mol. The van der Waals surface area contributed by atoms with Gasteiger partial charge in [-0.25, -0.2) is 4.79 Å². The molecule has 1 atom stereocenters. The summed E-state index contributed by atoms with van der Waals surface area (Å²) in [6.45, 7) is 6.10. The molecule has 0 spiro atoms. The van der Waals surface area contributed by atoms with Crippen molar-refractivity contribution >= 4 is 5.97 Å². The third kappa shape index (κ3) is 13.2. The van der Waals surface area contributed by atoms with Crippen LogP contribution in [0.2, 0.25) is 0 Å². The van der Waals surface area contributed by atoms with E-state index in [1.54, 1.807) is 0 Å². The van der Waals surface area contributed by atoms with Crippen LogP contribution in [-0.4, -0.2) is 43.8 Å². The fourth-order valence-electron chi connectivity index (χ4n) is 4.56. The van der Waals surface area contributed by atoms with Crippen LogP contribution in [0.5, 0.6) is 5.75 Å². The van der Waals surface area contributed by atoms with Crippen molar-refractivity contribution in [2.75, 3.05) is 27.3 Å². The van der Waals surface area contributed by atoms with Crippen LogP contribution in [0.4, 0.5) is 0 Å². The number of nitrogens with zero attached hydrogens (tertiary/aromatic N) is 1. The van der Waals surface area contributed by atoms with Crippen molar-refractivity contribution in [1.29, 1.82) is 0 Å². The van der Waals surface area contributed by atoms with Crippen LogP contribution >= 0.6 is 0 Å². The molecule has 0 fully saturated rings. The minimum absolute atomic E-state index is 0.135. The molecule has 2 aromatic carbocycles. The second-order valence-electron chi connectivity index (χ2n) is 11.0. The highest BCUT2D eigenvalue weighted by Gasteiger charge is 2.32. The van der Waals surface area contributed by atoms with Gasteiger partial charge in [-0.2, -0.15) is 0 Å². The number of rotatable bonds is 20. The minimum Gasteiger partial charge on any atom is -0.494 e. The molecule has 2 aromatic rings. The van der Waals surface area contributed by atoms with Gasteiger partial charge in [-0.3, -0.25) is 0 Å². The van der Waals surface area contributed by atoms with Crippen LogP contribution in [0.1, 0.15) is 95.6 Å². The third-order valence-electron chi connectivity index (χ3n) is 7.37. The zero-order valence-corrected chi connectivity index (χ0v) is 24.1. The second-order valence-corrected chi connectivity index (χ2v) is 11.0. The molecule has 0 saturated carbocycles. The lowest BCUT2D eigenvalue weighted by Crippen LogP contribution is -2.51. The van der Waals surface area contributed by atoms with Gasteiger partial charge in [-0.1, -0.05) is 101 Å². The lowest BCUT2D eigenvalue weighted by Gasteiger charge is -2.34. The van der Waals surface area contributed by atoms with Gasteiger partial charge in [0.05, 0.1) is 27.3 Å². The molecule has 37 heavy (non-hydrogen) atoms. The van der Waals surface area contributed by atoms with Crippen molar-refractivity contribution in [1.82, 2.24) is 0 Å². The van der Waals surface area contributed by atoms with E-state index >= 15 is 0 Å². The van der Waals surface area contributed by atoms with Crippen molar-refractivity contribution < 1.29 is 18.8 Å². The van der Waals surface area contributed by atoms with Crippen LogP contribution in [-0.2, 0) is 22.5 Å². The maximum Gasteiger partial charge on any atom is 0.364 e. The number of benzene rings is 2. The van der Waals surface area contributed by atoms with E-state index in [4.69, 9.17) is 9.47 Å². The maximum absolute atomic E-state index is 12.6. The Morgan fingerprint density at radius 1 is 0.730 bits per heavy atom. The highest BCUT2D eigenvalue weighted by atomic mass is 16.5. The minimum atomic E-state index is -0.217. The Balaban J connectivity index is 1.52. The molecule has 0 aromatic heterocycles. The fourth-order valence-corrected chi connectivity index (χ4v) is 4.56. The molecule has 0 heterocycles. The van der Waals surface area contributed by atoms with Crippen LogP contribution in [0.25, 0.3) is 0 Å². The second kappa shape index (κ2) is 18.0. The van der Waals surface area contributed by atoms with E-state index in [0.29, 0.717) is 17.7 Å². The Morgan fingerprint density at radius 3 is 1.97 bits per heavy atom. The first-order chi connectivity index (χ1) is 17.9. The number of carbonyl (C=O) groups excluding carboxylic acids is 1. The first-order valence-electron chi connectivity index (χ1n) is 14.7. The number of esters is 1. The van der Waals surface area contributed by atoms with Crippen molar-refractivity contribution in [2.24, 2.45) is 0 Å². The lowest BCUT2D eigenvalue weighted by molar-refractivity contribution is -0.917. The number of carbonyl (C=O) groups is 1. The van der Waals surface area contributed by atoms with E-state index in [0.717, 1.165) is 31.6 Å². The van der Waals surface area contributed by atoms with Gasteiger partial charge < -0.3 is 14.0 Å². The molecule has 4 nitrogen and oxygen atoms in total. The summed E-state index contributed by atoms with van der Waals surface area (Å²) in [5, 5.41) is 0. The molecular formula is C33H52NO3+.